The highest BCUT2D eigenvalue weighted by Gasteiger charge is 2.14. The van der Waals surface area contributed by atoms with Gasteiger partial charge in [0.25, 0.3) is 5.69 Å². The second-order valence-corrected chi connectivity index (χ2v) is 5.21. The molecule has 0 fully saturated rings. The molecule has 0 saturated heterocycles. The molecule has 0 unspecified atom stereocenters. The van der Waals surface area contributed by atoms with Gasteiger partial charge < -0.3 is 14.8 Å². The van der Waals surface area contributed by atoms with E-state index in [0.29, 0.717) is 35.2 Å². The molecule has 7 heteroatoms. The van der Waals surface area contributed by atoms with Crippen molar-refractivity contribution in [2.24, 2.45) is 0 Å². The molecule has 122 valence electrons. The molecule has 6 nitrogen and oxygen atoms in total. The molecule has 0 aliphatic carbocycles. The van der Waals surface area contributed by atoms with E-state index < -0.39 is 4.92 Å². The van der Waals surface area contributed by atoms with E-state index in [4.69, 9.17) is 21.1 Å². The van der Waals surface area contributed by atoms with Gasteiger partial charge >= 0.3 is 0 Å². The minimum Gasteiger partial charge on any atom is -0.496 e. The van der Waals surface area contributed by atoms with Crippen LogP contribution in [0, 0.1) is 10.1 Å². The van der Waals surface area contributed by atoms with Gasteiger partial charge in [0.05, 0.1) is 19.1 Å². The average molecular weight is 337 g/mol. The van der Waals surface area contributed by atoms with Crippen LogP contribution in [0.2, 0.25) is 5.02 Å². The van der Waals surface area contributed by atoms with E-state index in [9.17, 15) is 10.1 Å². The zero-order valence-electron chi connectivity index (χ0n) is 12.8. The highest BCUT2D eigenvalue weighted by Crippen LogP contribution is 2.28. The Labute approximate surface area is 139 Å². The maximum Gasteiger partial charge on any atom is 0.273 e. The third-order valence-electron chi connectivity index (χ3n) is 3.39. The first-order valence-electron chi connectivity index (χ1n) is 6.90. The summed E-state index contributed by atoms with van der Waals surface area (Å²) in [6.45, 7) is 0.745. The van der Waals surface area contributed by atoms with Crippen LogP contribution < -0.4 is 14.8 Å². The lowest BCUT2D eigenvalue weighted by atomic mass is 10.1. The molecule has 23 heavy (non-hydrogen) atoms. The molecule has 1 N–H and O–H groups in total. The Kier molecular flexibility index (Phi) is 5.78. The summed E-state index contributed by atoms with van der Waals surface area (Å²) in [6.07, 6.45) is 0. The lowest BCUT2D eigenvalue weighted by Crippen LogP contribution is -2.15. The molecule has 0 aromatic heterocycles. The summed E-state index contributed by atoms with van der Waals surface area (Å²) in [5.41, 5.74) is 1.41. The zero-order chi connectivity index (χ0) is 16.8. The number of methoxy groups -OCH3 is 2. The fourth-order valence-corrected chi connectivity index (χ4v) is 2.49. The van der Waals surface area contributed by atoms with Crippen molar-refractivity contribution in [2.45, 2.75) is 13.1 Å². The van der Waals surface area contributed by atoms with Crippen molar-refractivity contribution in [1.82, 2.24) is 5.32 Å². The molecule has 0 atom stereocenters. The molecule has 0 amide bonds. The SMILES string of the molecule is COc1cccc(OC)c1CNCc1cc(Cl)ccc1[N+](=O)[O-]. The Morgan fingerprint density at radius 1 is 1.13 bits per heavy atom. The van der Waals surface area contributed by atoms with Crippen LogP contribution in [0.4, 0.5) is 5.69 Å². The van der Waals surface area contributed by atoms with E-state index in [0.717, 1.165) is 5.56 Å². The standard InChI is InChI=1S/C16H17ClN2O4/c1-22-15-4-3-5-16(23-2)13(15)10-18-9-11-8-12(17)6-7-14(11)19(20)21/h3-8,18H,9-10H2,1-2H3. The van der Waals surface area contributed by atoms with Gasteiger partial charge in [0.2, 0.25) is 0 Å². The highest BCUT2D eigenvalue weighted by atomic mass is 35.5. The van der Waals surface area contributed by atoms with Crippen LogP contribution in [0.25, 0.3) is 0 Å². The predicted octanol–water partition coefficient (Wildman–Crippen LogP) is 3.56. The summed E-state index contributed by atoms with van der Waals surface area (Å²) in [4.78, 5) is 10.6. The Morgan fingerprint density at radius 2 is 1.78 bits per heavy atom. The normalized spacial score (nSPS) is 10.4. The lowest BCUT2D eigenvalue weighted by molar-refractivity contribution is -0.385. The third-order valence-corrected chi connectivity index (χ3v) is 3.62. The van der Waals surface area contributed by atoms with Crippen LogP contribution in [-0.2, 0) is 13.1 Å². The average Bonchev–Trinajstić information content (AvgIpc) is 2.54. The quantitative estimate of drug-likeness (QED) is 0.618. The molecule has 0 radical (unpaired) electrons. The van der Waals surface area contributed by atoms with Crippen LogP contribution in [0.3, 0.4) is 0 Å². The number of hydrogen-bond acceptors (Lipinski definition) is 5. The number of hydrogen-bond donors (Lipinski definition) is 1. The molecule has 0 aliphatic rings. The molecule has 2 rings (SSSR count). The Hall–Kier alpha value is -2.31. The van der Waals surface area contributed by atoms with Crippen molar-refractivity contribution in [3.63, 3.8) is 0 Å². The number of halogens is 1. The smallest absolute Gasteiger partial charge is 0.273 e. The van der Waals surface area contributed by atoms with E-state index in [1.165, 1.54) is 12.1 Å². The Bertz CT molecular complexity index is 684. The van der Waals surface area contributed by atoms with Gasteiger partial charge in [0, 0.05) is 35.3 Å². The van der Waals surface area contributed by atoms with Gasteiger partial charge in [-0.2, -0.15) is 0 Å². The fraction of sp³-hybridized carbons (Fsp3) is 0.250. The van der Waals surface area contributed by atoms with Crippen LogP contribution in [0.1, 0.15) is 11.1 Å². The Balaban J connectivity index is 2.15. The van der Waals surface area contributed by atoms with Crippen molar-refractivity contribution in [2.75, 3.05) is 14.2 Å². The minimum absolute atomic E-state index is 0.0360. The van der Waals surface area contributed by atoms with E-state index in [-0.39, 0.29) is 5.69 Å². The van der Waals surface area contributed by atoms with Crippen LogP contribution in [-0.4, -0.2) is 19.1 Å². The number of nitro groups is 1. The molecule has 0 saturated carbocycles. The minimum atomic E-state index is -0.420. The molecule has 0 heterocycles. The maximum atomic E-state index is 11.1. The number of nitrogens with zero attached hydrogens (tertiary/aromatic N) is 1. The van der Waals surface area contributed by atoms with Gasteiger partial charge in [-0.1, -0.05) is 17.7 Å². The number of benzene rings is 2. The van der Waals surface area contributed by atoms with Gasteiger partial charge in [-0.25, -0.2) is 0 Å². The zero-order valence-corrected chi connectivity index (χ0v) is 13.6. The summed E-state index contributed by atoms with van der Waals surface area (Å²) in [7, 11) is 3.17. The van der Waals surface area contributed by atoms with Gasteiger partial charge in [-0.15, -0.1) is 0 Å². The molecular weight excluding hydrogens is 320 g/mol. The van der Waals surface area contributed by atoms with E-state index in [1.807, 2.05) is 18.2 Å². The van der Waals surface area contributed by atoms with Crippen molar-refractivity contribution in [1.29, 1.82) is 0 Å². The largest absolute Gasteiger partial charge is 0.496 e. The van der Waals surface area contributed by atoms with E-state index >= 15 is 0 Å². The number of nitrogens with one attached hydrogen (secondary N) is 1. The fourth-order valence-electron chi connectivity index (χ4n) is 2.30. The van der Waals surface area contributed by atoms with Gasteiger partial charge in [-0.05, 0) is 24.3 Å². The molecular formula is C16H17ClN2O4. The summed E-state index contributed by atoms with van der Waals surface area (Å²) < 4.78 is 10.6. The summed E-state index contributed by atoms with van der Waals surface area (Å²) in [6, 6.07) is 10.0. The first kappa shape index (κ1) is 17.1. The predicted molar refractivity (Wildman–Crippen MR) is 88.2 cm³/mol. The maximum absolute atomic E-state index is 11.1. The first-order valence-corrected chi connectivity index (χ1v) is 7.28. The Morgan fingerprint density at radius 3 is 2.35 bits per heavy atom. The topological polar surface area (TPSA) is 73.6 Å². The van der Waals surface area contributed by atoms with Crippen molar-refractivity contribution in [3.05, 3.63) is 62.7 Å². The number of rotatable bonds is 7. The van der Waals surface area contributed by atoms with E-state index in [1.54, 1.807) is 20.3 Å². The van der Waals surface area contributed by atoms with E-state index in [2.05, 4.69) is 5.32 Å². The summed E-state index contributed by atoms with van der Waals surface area (Å²) >= 11 is 5.92. The second kappa shape index (κ2) is 7.80. The summed E-state index contributed by atoms with van der Waals surface area (Å²) in [5.74, 6) is 1.38. The van der Waals surface area contributed by atoms with Crippen LogP contribution in [0.15, 0.2) is 36.4 Å². The molecule has 2 aromatic carbocycles. The molecule has 0 aliphatic heterocycles. The summed E-state index contributed by atoms with van der Waals surface area (Å²) in [5, 5.41) is 14.7. The number of ether oxygens (including phenoxy) is 2. The van der Waals surface area contributed by atoms with Gasteiger partial charge in [0.15, 0.2) is 0 Å². The third kappa shape index (κ3) is 4.12. The molecule has 0 spiro atoms. The lowest BCUT2D eigenvalue weighted by Gasteiger charge is -2.13. The van der Waals surface area contributed by atoms with Crippen LogP contribution >= 0.6 is 11.6 Å². The first-order chi connectivity index (χ1) is 11.1. The van der Waals surface area contributed by atoms with Crippen molar-refractivity contribution >= 4 is 17.3 Å². The van der Waals surface area contributed by atoms with Crippen molar-refractivity contribution < 1.29 is 14.4 Å². The van der Waals surface area contributed by atoms with Crippen LogP contribution in [0.5, 0.6) is 11.5 Å². The monoisotopic (exact) mass is 336 g/mol. The second-order valence-electron chi connectivity index (χ2n) is 4.77. The van der Waals surface area contributed by atoms with Gasteiger partial charge in [0.1, 0.15) is 11.5 Å². The number of nitro benzene ring substituents is 1. The molecule has 2 aromatic rings. The molecule has 0 bridgehead atoms. The van der Waals surface area contributed by atoms with Crippen molar-refractivity contribution in [3.8, 4) is 11.5 Å². The highest BCUT2D eigenvalue weighted by molar-refractivity contribution is 6.30. The van der Waals surface area contributed by atoms with Gasteiger partial charge in [-0.3, -0.25) is 10.1 Å².